The van der Waals surface area contributed by atoms with Gasteiger partial charge in [0.1, 0.15) is 5.04 Å². The number of carbonyl (C=O) groups is 1. The van der Waals surface area contributed by atoms with Crippen LogP contribution in [0.15, 0.2) is 5.16 Å². The molecular formula is C10H20N2O2S. The van der Waals surface area contributed by atoms with E-state index in [-0.39, 0.29) is 17.7 Å². The Morgan fingerprint density at radius 3 is 2.13 bits per heavy atom. The average Bonchev–Trinajstić information content (AvgIpc) is 2.15. The molecule has 5 heteroatoms. The lowest BCUT2D eigenvalue weighted by Crippen LogP contribution is -2.35. The van der Waals surface area contributed by atoms with Crippen molar-refractivity contribution in [2.45, 2.75) is 32.9 Å². The summed E-state index contributed by atoms with van der Waals surface area (Å²) in [6.07, 6.45) is 0. The zero-order valence-electron chi connectivity index (χ0n) is 9.94. The van der Waals surface area contributed by atoms with Gasteiger partial charge in [-0.3, -0.25) is 4.79 Å². The van der Waals surface area contributed by atoms with Crippen molar-refractivity contribution in [1.29, 1.82) is 0 Å². The fraction of sp³-hybridized carbons (Fsp3) is 0.800. The van der Waals surface area contributed by atoms with Crippen LogP contribution in [0.3, 0.4) is 0 Å². The summed E-state index contributed by atoms with van der Waals surface area (Å²) in [5, 5.41) is 15.5. The highest BCUT2D eigenvalue weighted by Gasteiger charge is 2.28. The van der Waals surface area contributed by atoms with E-state index in [9.17, 15) is 4.79 Å². The van der Waals surface area contributed by atoms with Gasteiger partial charge in [-0.05, 0) is 5.92 Å². The summed E-state index contributed by atoms with van der Waals surface area (Å²) in [4.78, 5) is 11.6. The molecule has 0 spiro atoms. The normalized spacial score (nSPS) is 14.5. The molecule has 0 aliphatic carbocycles. The van der Waals surface area contributed by atoms with Crippen LogP contribution in [-0.2, 0) is 4.79 Å². The van der Waals surface area contributed by atoms with E-state index in [0.29, 0.717) is 10.3 Å². The van der Waals surface area contributed by atoms with E-state index in [0.717, 1.165) is 0 Å². The molecule has 0 saturated carbocycles. The Bertz CT molecular complexity index is 240. The first-order valence-corrected chi connectivity index (χ1v) is 5.92. The fourth-order valence-electron chi connectivity index (χ4n) is 1.26. The molecule has 88 valence electrons. The van der Waals surface area contributed by atoms with E-state index in [1.54, 1.807) is 7.05 Å². The number of carbonyl (C=O) groups excluding carboxylic acids is 1. The van der Waals surface area contributed by atoms with Crippen LogP contribution in [0.25, 0.3) is 0 Å². The molecule has 1 unspecified atom stereocenters. The lowest BCUT2D eigenvalue weighted by molar-refractivity contribution is -0.123. The minimum Gasteiger partial charge on any atom is -0.410 e. The van der Waals surface area contributed by atoms with Crippen LogP contribution in [0.4, 0.5) is 0 Å². The first kappa shape index (κ1) is 14.3. The molecule has 0 rings (SSSR count). The summed E-state index contributed by atoms with van der Waals surface area (Å²) in [5.74, 6) is -0.361. The van der Waals surface area contributed by atoms with Gasteiger partial charge >= 0.3 is 0 Å². The third-order valence-electron chi connectivity index (χ3n) is 1.92. The number of amides is 1. The summed E-state index contributed by atoms with van der Waals surface area (Å²) >= 11 is 1.42. The smallest absolute Gasteiger partial charge is 0.229 e. The van der Waals surface area contributed by atoms with Gasteiger partial charge in [-0.25, -0.2) is 0 Å². The van der Waals surface area contributed by atoms with Gasteiger partial charge in [0.25, 0.3) is 0 Å². The standard InChI is InChI=1S/C10H20N2O2S/c1-6(2)8(9(13)11-5)10(12-14)15-7(3)4/h6-8,14H,1-5H3,(H,11,13). The molecule has 0 aromatic heterocycles. The van der Waals surface area contributed by atoms with Crippen molar-refractivity contribution < 1.29 is 10.0 Å². The molecule has 1 atom stereocenters. The highest BCUT2D eigenvalue weighted by Crippen LogP contribution is 2.24. The molecule has 15 heavy (non-hydrogen) atoms. The van der Waals surface area contributed by atoms with Crippen molar-refractivity contribution in [2.75, 3.05) is 7.05 Å². The first-order chi connectivity index (χ1) is 6.93. The monoisotopic (exact) mass is 232 g/mol. The second-order valence-corrected chi connectivity index (χ2v) is 5.54. The molecular weight excluding hydrogens is 212 g/mol. The molecule has 0 fully saturated rings. The van der Waals surface area contributed by atoms with Gasteiger partial charge in [-0.1, -0.05) is 32.9 Å². The number of hydrogen-bond donors (Lipinski definition) is 2. The Labute approximate surface area is 95.5 Å². The summed E-state index contributed by atoms with van der Waals surface area (Å²) in [7, 11) is 1.59. The van der Waals surface area contributed by atoms with Gasteiger partial charge in [0, 0.05) is 12.3 Å². The Morgan fingerprint density at radius 1 is 1.33 bits per heavy atom. The Hall–Kier alpha value is -0.710. The maximum Gasteiger partial charge on any atom is 0.229 e. The van der Waals surface area contributed by atoms with Crippen molar-refractivity contribution in [2.24, 2.45) is 17.0 Å². The highest BCUT2D eigenvalue weighted by atomic mass is 32.2. The highest BCUT2D eigenvalue weighted by molar-refractivity contribution is 8.14. The second kappa shape index (κ2) is 6.71. The first-order valence-electron chi connectivity index (χ1n) is 5.04. The molecule has 0 aromatic carbocycles. The number of hydrogen-bond acceptors (Lipinski definition) is 4. The summed E-state index contributed by atoms with van der Waals surface area (Å²) in [6, 6.07) is 0. The van der Waals surface area contributed by atoms with Gasteiger partial charge in [0.05, 0.1) is 5.92 Å². The molecule has 0 radical (unpaired) electrons. The predicted octanol–water partition coefficient (Wildman–Crippen LogP) is 1.93. The fourth-order valence-corrected chi connectivity index (χ4v) is 2.31. The van der Waals surface area contributed by atoms with Crippen LogP contribution in [0.2, 0.25) is 0 Å². The predicted molar refractivity (Wildman–Crippen MR) is 64.3 cm³/mol. The Morgan fingerprint density at radius 2 is 1.87 bits per heavy atom. The number of rotatable bonds is 4. The Kier molecular flexibility index (Phi) is 6.40. The Balaban J connectivity index is 4.80. The third kappa shape index (κ3) is 4.55. The second-order valence-electron chi connectivity index (χ2n) is 3.94. The molecule has 2 N–H and O–H groups in total. The molecule has 0 aliphatic heterocycles. The van der Waals surface area contributed by atoms with Crippen molar-refractivity contribution >= 4 is 22.7 Å². The van der Waals surface area contributed by atoms with Crippen molar-refractivity contribution in [3.8, 4) is 0 Å². The molecule has 0 bridgehead atoms. The number of thioether (sulfide) groups is 1. The van der Waals surface area contributed by atoms with Gasteiger partial charge in [-0.2, -0.15) is 0 Å². The summed E-state index contributed by atoms with van der Waals surface area (Å²) < 4.78 is 0. The van der Waals surface area contributed by atoms with E-state index >= 15 is 0 Å². The van der Waals surface area contributed by atoms with Crippen LogP contribution in [0, 0.1) is 11.8 Å². The van der Waals surface area contributed by atoms with Crippen molar-refractivity contribution in [3.05, 3.63) is 0 Å². The van der Waals surface area contributed by atoms with Crippen LogP contribution in [0.1, 0.15) is 27.7 Å². The zero-order chi connectivity index (χ0) is 12.0. The van der Waals surface area contributed by atoms with E-state index in [2.05, 4.69) is 10.5 Å². The molecule has 1 amide bonds. The molecule has 0 aromatic rings. The lowest BCUT2D eigenvalue weighted by Gasteiger charge is -2.20. The maximum absolute atomic E-state index is 11.6. The van der Waals surface area contributed by atoms with Crippen molar-refractivity contribution in [1.82, 2.24) is 5.32 Å². The van der Waals surface area contributed by atoms with Crippen LogP contribution in [0.5, 0.6) is 0 Å². The molecule has 4 nitrogen and oxygen atoms in total. The van der Waals surface area contributed by atoms with E-state index in [1.165, 1.54) is 11.8 Å². The third-order valence-corrected chi connectivity index (χ3v) is 2.97. The number of nitrogens with zero attached hydrogens (tertiary/aromatic N) is 1. The SMILES string of the molecule is CNC(=O)C(C(=NO)SC(C)C)C(C)C. The van der Waals surface area contributed by atoms with E-state index in [1.807, 2.05) is 27.7 Å². The lowest BCUT2D eigenvalue weighted by atomic mass is 9.96. The summed E-state index contributed by atoms with van der Waals surface area (Å²) in [5.41, 5.74) is 0. The minimum atomic E-state index is -0.368. The quantitative estimate of drug-likeness (QED) is 0.337. The largest absolute Gasteiger partial charge is 0.410 e. The number of nitrogens with one attached hydrogen (secondary N) is 1. The molecule has 0 heterocycles. The van der Waals surface area contributed by atoms with Gasteiger partial charge in [0.15, 0.2) is 0 Å². The van der Waals surface area contributed by atoms with Gasteiger partial charge in [-0.15, -0.1) is 11.8 Å². The average molecular weight is 232 g/mol. The van der Waals surface area contributed by atoms with Crippen LogP contribution in [-0.4, -0.2) is 28.5 Å². The minimum absolute atomic E-state index is 0.106. The topological polar surface area (TPSA) is 61.7 Å². The van der Waals surface area contributed by atoms with Crippen molar-refractivity contribution in [3.63, 3.8) is 0 Å². The van der Waals surface area contributed by atoms with Crippen LogP contribution < -0.4 is 5.32 Å². The van der Waals surface area contributed by atoms with Crippen LogP contribution >= 0.6 is 11.8 Å². The molecule has 0 saturated heterocycles. The number of oxime groups is 1. The summed E-state index contributed by atoms with van der Waals surface area (Å²) in [6.45, 7) is 7.87. The zero-order valence-corrected chi connectivity index (χ0v) is 10.8. The van der Waals surface area contributed by atoms with E-state index < -0.39 is 0 Å². The molecule has 0 aliphatic rings. The van der Waals surface area contributed by atoms with Gasteiger partial charge < -0.3 is 10.5 Å². The van der Waals surface area contributed by atoms with Gasteiger partial charge in [0.2, 0.25) is 5.91 Å². The maximum atomic E-state index is 11.6. The van der Waals surface area contributed by atoms with E-state index in [4.69, 9.17) is 5.21 Å².